The van der Waals surface area contributed by atoms with E-state index in [1.54, 1.807) is 18.0 Å². The SMILES string of the molecule is C#CCOc1ccc([C@H]2CC(=O)Nc3c2cnn3-c2nc3ccc(OC)cc3s2)cc1OCC. The molecule has 8 nitrogen and oxygen atoms in total. The zero-order chi connectivity index (χ0) is 23.7. The third kappa shape index (κ3) is 3.93. The van der Waals surface area contributed by atoms with Crippen LogP contribution in [0, 0.1) is 12.3 Å². The van der Waals surface area contributed by atoms with Crippen LogP contribution >= 0.6 is 11.3 Å². The molecule has 3 heterocycles. The second kappa shape index (κ2) is 9.08. The van der Waals surface area contributed by atoms with E-state index in [2.05, 4.69) is 16.3 Å². The van der Waals surface area contributed by atoms with Gasteiger partial charge in [0, 0.05) is 17.9 Å². The van der Waals surface area contributed by atoms with Crippen LogP contribution in [-0.4, -0.2) is 41.0 Å². The van der Waals surface area contributed by atoms with Crippen molar-refractivity contribution in [3.63, 3.8) is 0 Å². The average Bonchev–Trinajstić information content (AvgIpc) is 3.46. The zero-order valence-corrected chi connectivity index (χ0v) is 19.5. The summed E-state index contributed by atoms with van der Waals surface area (Å²) < 4.78 is 19.4. The highest BCUT2D eigenvalue weighted by atomic mass is 32.1. The minimum Gasteiger partial charge on any atom is -0.497 e. The van der Waals surface area contributed by atoms with Crippen LogP contribution in [-0.2, 0) is 4.79 Å². The minimum atomic E-state index is -0.187. The summed E-state index contributed by atoms with van der Waals surface area (Å²) in [6, 6.07) is 11.4. The topological polar surface area (TPSA) is 87.5 Å². The van der Waals surface area contributed by atoms with Crippen LogP contribution in [0.5, 0.6) is 17.2 Å². The molecule has 2 aromatic carbocycles. The van der Waals surface area contributed by atoms with Crippen LogP contribution in [0.25, 0.3) is 15.3 Å². The largest absolute Gasteiger partial charge is 0.497 e. The quantitative estimate of drug-likeness (QED) is 0.400. The molecule has 1 amide bonds. The molecule has 0 saturated heterocycles. The van der Waals surface area contributed by atoms with E-state index >= 15 is 0 Å². The van der Waals surface area contributed by atoms with Crippen molar-refractivity contribution in [3.05, 3.63) is 53.7 Å². The maximum absolute atomic E-state index is 12.7. The van der Waals surface area contributed by atoms with E-state index in [0.717, 1.165) is 27.1 Å². The number of fused-ring (bicyclic) bond motifs is 2. The van der Waals surface area contributed by atoms with Crippen molar-refractivity contribution in [2.75, 3.05) is 25.6 Å². The molecule has 2 aromatic heterocycles. The van der Waals surface area contributed by atoms with E-state index in [4.69, 9.17) is 25.6 Å². The van der Waals surface area contributed by atoms with Gasteiger partial charge in [0.25, 0.3) is 0 Å². The van der Waals surface area contributed by atoms with Crippen LogP contribution in [0.15, 0.2) is 42.6 Å². The molecule has 1 aliphatic rings. The third-order valence-electron chi connectivity index (χ3n) is 5.57. The third-order valence-corrected chi connectivity index (χ3v) is 6.56. The van der Waals surface area contributed by atoms with Crippen LogP contribution in [0.3, 0.4) is 0 Å². The Morgan fingerprint density at radius 3 is 2.91 bits per heavy atom. The highest BCUT2D eigenvalue weighted by Gasteiger charge is 2.31. The first kappa shape index (κ1) is 21.8. The van der Waals surface area contributed by atoms with Gasteiger partial charge in [-0.25, -0.2) is 4.98 Å². The molecule has 172 valence electrons. The summed E-state index contributed by atoms with van der Waals surface area (Å²) >= 11 is 1.48. The summed E-state index contributed by atoms with van der Waals surface area (Å²) in [6.07, 6.45) is 7.41. The fourth-order valence-electron chi connectivity index (χ4n) is 4.02. The number of thiazole rings is 1. The molecule has 34 heavy (non-hydrogen) atoms. The van der Waals surface area contributed by atoms with Gasteiger partial charge in [-0.1, -0.05) is 23.3 Å². The van der Waals surface area contributed by atoms with Crippen molar-refractivity contribution in [3.8, 4) is 34.7 Å². The van der Waals surface area contributed by atoms with Crippen molar-refractivity contribution in [2.24, 2.45) is 0 Å². The van der Waals surface area contributed by atoms with Crippen LogP contribution in [0.1, 0.15) is 30.4 Å². The summed E-state index contributed by atoms with van der Waals surface area (Å²) in [4.78, 5) is 17.4. The summed E-state index contributed by atoms with van der Waals surface area (Å²) in [6.45, 7) is 2.53. The summed E-state index contributed by atoms with van der Waals surface area (Å²) in [5.74, 6) is 4.74. The van der Waals surface area contributed by atoms with Gasteiger partial charge in [0.2, 0.25) is 11.0 Å². The van der Waals surface area contributed by atoms with Gasteiger partial charge in [0.15, 0.2) is 11.5 Å². The van der Waals surface area contributed by atoms with Gasteiger partial charge in [-0.05, 0) is 42.8 Å². The number of nitrogens with one attached hydrogen (secondary N) is 1. The number of ether oxygens (including phenoxy) is 3. The Kier molecular flexibility index (Phi) is 5.82. The highest BCUT2D eigenvalue weighted by Crippen LogP contribution is 2.41. The molecule has 0 spiro atoms. The van der Waals surface area contributed by atoms with Crippen LogP contribution in [0.4, 0.5) is 5.82 Å². The molecule has 1 aliphatic heterocycles. The number of carbonyl (C=O) groups excluding carboxylic acids is 1. The first-order chi connectivity index (χ1) is 16.6. The summed E-state index contributed by atoms with van der Waals surface area (Å²) in [5, 5.41) is 8.22. The van der Waals surface area contributed by atoms with Crippen molar-refractivity contribution < 1.29 is 19.0 Å². The lowest BCUT2D eigenvalue weighted by Gasteiger charge is -2.24. The number of rotatable bonds is 7. The molecule has 1 N–H and O–H groups in total. The molecule has 0 saturated carbocycles. The maximum atomic E-state index is 12.7. The number of benzene rings is 2. The van der Waals surface area contributed by atoms with E-state index in [1.165, 1.54) is 11.3 Å². The number of aromatic nitrogens is 3. The molecule has 5 rings (SSSR count). The zero-order valence-electron chi connectivity index (χ0n) is 18.7. The Bertz CT molecular complexity index is 1420. The predicted octanol–water partition coefficient (Wildman–Crippen LogP) is 4.38. The fourth-order valence-corrected chi connectivity index (χ4v) is 4.98. The standard InChI is InChI=1S/C25H22N4O4S/c1-4-10-33-20-9-6-15(11-21(20)32-5-2)17-13-23(30)28-24-18(17)14-26-29(24)25-27-19-8-7-16(31-3)12-22(19)34-25/h1,6-9,11-12,14,17H,5,10,13H2,2-3H3,(H,28,30)/t17-/m1/s1. The van der Waals surface area contributed by atoms with Gasteiger partial charge in [0.1, 0.15) is 18.2 Å². The first-order valence-electron chi connectivity index (χ1n) is 10.8. The fraction of sp³-hybridized carbons (Fsp3) is 0.240. The number of terminal acetylenes is 1. The number of methoxy groups -OCH3 is 1. The van der Waals surface area contributed by atoms with Crippen molar-refractivity contribution in [1.29, 1.82) is 0 Å². The second-order valence-electron chi connectivity index (χ2n) is 7.63. The highest BCUT2D eigenvalue weighted by molar-refractivity contribution is 7.20. The first-order valence-corrected chi connectivity index (χ1v) is 11.6. The van der Waals surface area contributed by atoms with Crippen molar-refractivity contribution in [2.45, 2.75) is 19.3 Å². The van der Waals surface area contributed by atoms with E-state index in [1.807, 2.05) is 43.3 Å². The molecule has 0 aliphatic carbocycles. The number of hydrogen-bond donors (Lipinski definition) is 1. The van der Waals surface area contributed by atoms with Gasteiger partial charge in [-0.2, -0.15) is 9.78 Å². The maximum Gasteiger partial charge on any atom is 0.226 e. The number of amides is 1. The molecular formula is C25H22N4O4S. The lowest BCUT2D eigenvalue weighted by Crippen LogP contribution is -2.24. The minimum absolute atomic E-state index is 0.0901. The van der Waals surface area contributed by atoms with Gasteiger partial charge < -0.3 is 19.5 Å². The Labute approximate surface area is 200 Å². The Balaban J connectivity index is 1.54. The van der Waals surface area contributed by atoms with E-state index in [-0.39, 0.29) is 18.4 Å². The van der Waals surface area contributed by atoms with Gasteiger partial charge in [-0.3, -0.25) is 4.79 Å². The molecule has 0 unspecified atom stereocenters. The molecule has 1 atom stereocenters. The molecule has 0 fully saturated rings. The van der Waals surface area contributed by atoms with Gasteiger partial charge >= 0.3 is 0 Å². The Hall–Kier alpha value is -4.03. The van der Waals surface area contributed by atoms with E-state index in [9.17, 15) is 4.79 Å². The Morgan fingerprint density at radius 1 is 1.24 bits per heavy atom. The number of nitrogens with zero attached hydrogens (tertiary/aromatic N) is 3. The average molecular weight is 475 g/mol. The lowest BCUT2D eigenvalue weighted by atomic mass is 9.87. The molecule has 9 heteroatoms. The number of carbonyl (C=O) groups is 1. The summed E-state index contributed by atoms with van der Waals surface area (Å²) in [7, 11) is 1.63. The van der Waals surface area contributed by atoms with E-state index in [0.29, 0.717) is 35.5 Å². The summed E-state index contributed by atoms with van der Waals surface area (Å²) in [5.41, 5.74) is 2.69. The normalized spacial score (nSPS) is 14.9. The number of anilines is 1. The predicted molar refractivity (Wildman–Crippen MR) is 130 cm³/mol. The monoisotopic (exact) mass is 474 g/mol. The van der Waals surface area contributed by atoms with Gasteiger partial charge in [-0.15, -0.1) is 6.42 Å². The van der Waals surface area contributed by atoms with Crippen LogP contribution < -0.4 is 19.5 Å². The lowest BCUT2D eigenvalue weighted by molar-refractivity contribution is -0.116. The molecule has 0 bridgehead atoms. The molecular weight excluding hydrogens is 452 g/mol. The number of hydrogen-bond acceptors (Lipinski definition) is 7. The molecule has 4 aromatic rings. The van der Waals surface area contributed by atoms with Gasteiger partial charge in [0.05, 0.1) is 30.1 Å². The van der Waals surface area contributed by atoms with Crippen molar-refractivity contribution >= 4 is 33.3 Å². The van der Waals surface area contributed by atoms with E-state index < -0.39 is 0 Å². The molecule has 0 radical (unpaired) electrons. The second-order valence-corrected chi connectivity index (χ2v) is 8.64. The van der Waals surface area contributed by atoms with Crippen molar-refractivity contribution in [1.82, 2.24) is 14.8 Å². The smallest absolute Gasteiger partial charge is 0.226 e. The Morgan fingerprint density at radius 2 is 2.12 bits per heavy atom. The van der Waals surface area contributed by atoms with Crippen LogP contribution in [0.2, 0.25) is 0 Å².